The molecule has 0 radical (unpaired) electrons. The van der Waals surface area contributed by atoms with Gasteiger partial charge in [-0.25, -0.2) is 0 Å². The van der Waals surface area contributed by atoms with E-state index in [1.54, 1.807) is 0 Å². The monoisotopic (exact) mass is 586 g/mol. The number of hydrogen-bond donors (Lipinski definition) is 0. The van der Waals surface area contributed by atoms with Crippen molar-refractivity contribution in [2.75, 3.05) is 0 Å². The van der Waals surface area contributed by atoms with Crippen LogP contribution < -0.4 is 9.47 Å². The van der Waals surface area contributed by atoms with Crippen LogP contribution in [-0.4, -0.2) is 11.9 Å². The van der Waals surface area contributed by atoms with Crippen molar-refractivity contribution in [1.29, 1.82) is 0 Å². The summed E-state index contributed by atoms with van der Waals surface area (Å²) in [6.45, 7) is 2.24. The second-order valence-electron chi connectivity index (χ2n) is 11.7. The van der Waals surface area contributed by atoms with Gasteiger partial charge in [-0.2, -0.15) is 0 Å². The molecule has 0 atom stereocenters. The summed E-state index contributed by atoms with van der Waals surface area (Å²) < 4.78 is 11.4. The molecule has 4 heteroatoms. The fourth-order valence-corrected chi connectivity index (χ4v) is 5.70. The van der Waals surface area contributed by atoms with Crippen molar-refractivity contribution in [2.24, 2.45) is 11.8 Å². The Kier molecular flexibility index (Phi) is 11.2. The standard InChI is InChI=1S/C40H42O4/c1-2-3-4-6-11-31-14-18-33(19-15-31)34-24-28-38(29-25-34)44-40(42)36-22-20-35(21-23-36)39(41)43-37-26-16-32(17-27-37)13-12-30-9-7-5-8-10-30/h5,7-10,12-19,24-29,35-36H,2-4,6,11,20-23H2,1H3/b13-12+. The molecule has 44 heavy (non-hydrogen) atoms. The summed E-state index contributed by atoms with van der Waals surface area (Å²) in [6.07, 6.45) is 12.8. The fourth-order valence-electron chi connectivity index (χ4n) is 5.70. The van der Waals surface area contributed by atoms with Gasteiger partial charge in [0.15, 0.2) is 0 Å². The highest BCUT2D eigenvalue weighted by Gasteiger charge is 2.32. The molecule has 0 unspecified atom stereocenters. The first-order valence-electron chi connectivity index (χ1n) is 16.0. The quantitative estimate of drug-likeness (QED) is 0.0717. The SMILES string of the molecule is CCCCCCc1ccc(-c2ccc(OC(=O)C3CCC(C(=O)Oc4ccc(/C=C/c5ccccc5)cc4)CC3)cc2)cc1. The maximum atomic E-state index is 12.9. The third-order valence-electron chi connectivity index (χ3n) is 8.44. The molecular weight excluding hydrogens is 544 g/mol. The zero-order valence-electron chi connectivity index (χ0n) is 25.6. The minimum absolute atomic E-state index is 0.209. The molecule has 1 fully saturated rings. The van der Waals surface area contributed by atoms with E-state index in [0.29, 0.717) is 37.2 Å². The van der Waals surface area contributed by atoms with Crippen LogP contribution >= 0.6 is 0 Å². The fraction of sp³-hybridized carbons (Fsp3) is 0.300. The van der Waals surface area contributed by atoms with Gasteiger partial charge in [-0.1, -0.05) is 117 Å². The molecule has 1 aliphatic rings. The van der Waals surface area contributed by atoms with Gasteiger partial charge in [-0.15, -0.1) is 0 Å². The Bertz CT molecular complexity index is 1490. The topological polar surface area (TPSA) is 52.6 Å². The molecule has 4 nitrogen and oxygen atoms in total. The van der Waals surface area contributed by atoms with Gasteiger partial charge >= 0.3 is 11.9 Å². The number of carbonyl (C=O) groups is 2. The molecule has 226 valence electrons. The molecule has 1 aliphatic carbocycles. The van der Waals surface area contributed by atoms with Crippen LogP contribution in [0.3, 0.4) is 0 Å². The van der Waals surface area contributed by atoms with Crippen LogP contribution in [0.4, 0.5) is 0 Å². The number of aryl methyl sites for hydroxylation is 1. The molecule has 0 N–H and O–H groups in total. The lowest BCUT2D eigenvalue weighted by Gasteiger charge is -2.25. The van der Waals surface area contributed by atoms with E-state index in [1.165, 1.54) is 31.2 Å². The van der Waals surface area contributed by atoms with E-state index in [0.717, 1.165) is 28.7 Å². The third kappa shape index (κ3) is 9.03. The number of carbonyl (C=O) groups excluding carboxylic acids is 2. The minimum Gasteiger partial charge on any atom is -0.426 e. The average molecular weight is 587 g/mol. The van der Waals surface area contributed by atoms with Crippen molar-refractivity contribution in [3.8, 4) is 22.6 Å². The largest absolute Gasteiger partial charge is 0.426 e. The predicted molar refractivity (Wildman–Crippen MR) is 178 cm³/mol. The van der Waals surface area contributed by atoms with Gasteiger partial charge in [0.2, 0.25) is 0 Å². The molecule has 0 amide bonds. The van der Waals surface area contributed by atoms with Crippen molar-refractivity contribution < 1.29 is 19.1 Å². The van der Waals surface area contributed by atoms with Crippen LogP contribution in [0.25, 0.3) is 23.3 Å². The third-order valence-corrected chi connectivity index (χ3v) is 8.44. The Morgan fingerprint density at radius 1 is 0.591 bits per heavy atom. The first kappa shape index (κ1) is 31.0. The summed E-state index contributed by atoms with van der Waals surface area (Å²) in [4.78, 5) is 25.7. The van der Waals surface area contributed by atoms with Crippen molar-refractivity contribution in [1.82, 2.24) is 0 Å². The number of benzene rings is 4. The van der Waals surface area contributed by atoms with Crippen molar-refractivity contribution in [3.63, 3.8) is 0 Å². The van der Waals surface area contributed by atoms with E-state index in [2.05, 4.69) is 49.4 Å². The summed E-state index contributed by atoms with van der Waals surface area (Å²) in [5.74, 6) is 0.212. The van der Waals surface area contributed by atoms with Crippen LogP contribution in [0.15, 0.2) is 103 Å². The Hall–Kier alpha value is -4.44. The molecule has 5 rings (SSSR count). The number of esters is 2. The normalized spacial score (nSPS) is 16.5. The summed E-state index contributed by atoms with van der Waals surface area (Å²) >= 11 is 0. The highest BCUT2D eigenvalue weighted by Crippen LogP contribution is 2.32. The van der Waals surface area contributed by atoms with Gasteiger partial charge in [0.25, 0.3) is 0 Å². The second kappa shape index (κ2) is 15.9. The first-order chi connectivity index (χ1) is 21.6. The van der Waals surface area contributed by atoms with E-state index >= 15 is 0 Å². The maximum absolute atomic E-state index is 12.9. The van der Waals surface area contributed by atoms with E-state index in [-0.39, 0.29) is 23.8 Å². The van der Waals surface area contributed by atoms with Gasteiger partial charge in [-0.3, -0.25) is 9.59 Å². The van der Waals surface area contributed by atoms with Crippen LogP contribution in [0.5, 0.6) is 11.5 Å². The van der Waals surface area contributed by atoms with Crippen LogP contribution in [0, 0.1) is 11.8 Å². The maximum Gasteiger partial charge on any atom is 0.314 e. The number of ether oxygens (including phenoxy) is 2. The molecule has 0 saturated heterocycles. The van der Waals surface area contributed by atoms with E-state index in [9.17, 15) is 9.59 Å². The zero-order chi connectivity index (χ0) is 30.6. The van der Waals surface area contributed by atoms with Crippen LogP contribution in [-0.2, 0) is 16.0 Å². The van der Waals surface area contributed by atoms with E-state index < -0.39 is 0 Å². The van der Waals surface area contributed by atoms with Crippen molar-refractivity contribution in [2.45, 2.75) is 64.7 Å². The van der Waals surface area contributed by atoms with Gasteiger partial charge in [0.1, 0.15) is 11.5 Å². The lowest BCUT2D eigenvalue weighted by Crippen LogP contribution is -2.30. The molecule has 0 aliphatic heterocycles. The Labute approximate surface area is 261 Å². The first-order valence-corrected chi connectivity index (χ1v) is 16.0. The number of unbranched alkanes of at least 4 members (excludes halogenated alkanes) is 3. The molecule has 0 bridgehead atoms. The summed E-state index contributed by atoms with van der Waals surface area (Å²) in [6, 6.07) is 34.1. The molecule has 0 spiro atoms. The Morgan fingerprint density at radius 3 is 1.59 bits per heavy atom. The number of hydrogen-bond acceptors (Lipinski definition) is 4. The lowest BCUT2D eigenvalue weighted by atomic mass is 9.82. The molecular formula is C40H42O4. The molecule has 0 aromatic heterocycles. The molecule has 1 saturated carbocycles. The van der Waals surface area contributed by atoms with E-state index in [1.807, 2.05) is 72.8 Å². The van der Waals surface area contributed by atoms with Crippen molar-refractivity contribution >= 4 is 24.1 Å². The van der Waals surface area contributed by atoms with Gasteiger partial charge in [-0.05, 0) is 90.6 Å². The van der Waals surface area contributed by atoms with Crippen LogP contribution in [0.1, 0.15) is 75.0 Å². The summed E-state index contributed by atoms with van der Waals surface area (Å²) in [5, 5.41) is 0. The van der Waals surface area contributed by atoms with Gasteiger partial charge in [0.05, 0.1) is 11.8 Å². The number of rotatable bonds is 12. The summed E-state index contributed by atoms with van der Waals surface area (Å²) in [5.41, 5.74) is 5.79. The average Bonchev–Trinajstić information content (AvgIpc) is 3.07. The molecule has 4 aromatic carbocycles. The lowest BCUT2D eigenvalue weighted by molar-refractivity contribution is -0.145. The molecule has 0 heterocycles. The Morgan fingerprint density at radius 2 is 1.07 bits per heavy atom. The predicted octanol–water partition coefficient (Wildman–Crippen LogP) is 9.96. The highest BCUT2D eigenvalue weighted by atomic mass is 16.5. The minimum atomic E-state index is -0.232. The van der Waals surface area contributed by atoms with Gasteiger partial charge in [0, 0.05) is 0 Å². The van der Waals surface area contributed by atoms with Gasteiger partial charge < -0.3 is 9.47 Å². The smallest absolute Gasteiger partial charge is 0.314 e. The highest BCUT2D eigenvalue weighted by molar-refractivity contribution is 5.78. The molecule has 4 aromatic rings. The van der Waals surface area contributed by atoms with E-state index in [4.69, 9.17) is 9.47 Å². The zero-order valence-corrected chi connectivity index (χ0v) is 25.6. The Balaban J connectivity index is 1.05. The van der Waals surface area contributed by atoms with Crippen molar-refractivity contribution in [3.05, 3.63) is 120 Å². The van der Waals surface area contributed by atoms with Crippen LogP contribution in [0.2, 0.25) is 0 Å². The second-order valence-corrected chi connectivity index (χ2v) is 11.7. The summed E-state index contributed by atoms with van der Waals surface area (Å²) in [7, 11) is 0.